The van der Waals surface area contributed by atoms with E-state index in [1.165, 1.54) is 18.4 Å². The molecule has 0 fully saturated rings. The van der Waals surface area contributed by atoms with Gasteiger partial charge in [0.25, 0.3) is 5.91 Å². The van der Waals surface area contributed by atoms with Crippen molar-refractivity contribution in [2.24, 2.45) is 11.7 Å². The van der Waals surface area contributed by atoms with Crippen molar-refractivity contribution in [3.05, 3.63) is 53.5 Å². The van der Waals surface area contributed by atoms with Crippen molar-refractivity contribution in [2.45, 2.75) is 32.9 Å². The van der Waals surface area contributed by atoms with Crippen molar-refractivity contribution in [1.29, 1.82) is 0 Å². The van der Waals surface area contributed by atoms with Crippen LogP contribution in [0, 0.1) is 11.7 Å². The number of nitrogens with two attached hydrogens (primary N) is 1. The molecule has 1 atom stereocenters. The molecule has 1 unspecified atom stereocenters. The first-order valence-corrected chi connectivity index (χ1v) is 7.19. The Labute approximate surface area is 128 Å². The van der Waals surface area contributed by atoms with E-state index in [0.717, 1.165) is 6.42 Å². The Morgan fingerprint density at radius 1 is 1.45 bits per heavy atom. The lowest BCUT2D eigenvalue weighted by atomic mass is 10.0. The van der Waals surface area contributed by atoms with Gasteiger partial charge in [0.15, 0.2) is 5.69 Å². The minimum absolute atomic E-state index is 0.172. The number of aromatic nitrogens is 1. The summed E-state index contributed by atoms with van der Waals surface area (Å²) >= 11 is 0. The van der Waals surface area contributed by atoms with E-state index in [9.17, 15) is 9.18 Å². The van der Waals surface area contributed by atoms with Gasteiger partial charge in [-0.3, -0.25) is 4.79 Å². The number of amides is 1. The van der Waals surface area contributed by atoms with Gasteiger partial charge in [0.1, 0.15) is 12.1 Å². The van der Waals surface area contributed by atoms with Gasteiger partial charge in [-0.15, -0.1) is 0 Å². The molecule has 22 heavy (non-hydrogen) atoms. The van der Waals surface area contributed by atoms with Crippen molar-refractivity contribution in [1.82, 2.24) is 10.3 Å². The molecule has 1 aromatic carbocycles. The molecule has 1 amide bonds. The molecule has 0 spiro atoms. The highest BCUT2D eigenvalue weighted by molar-refractivity contribution is 5.91. The molecule has 118 valence electrons. The second-order valence-electron chi connectivity index (χ2n) is 5.62. The topological polar surface area (TPSA) is 81.1 Å². The number of carbonyl (C=O) groups excluding carboxylic acids is 1. The van der Waals surface area contributed by atoms with Crippen molar-refractivity contribution in [3.8, 4) is 0 Å². The highest BCUT2D eigenvalue weighted by Crippen LogP contribution is 2.18. The summed E-state index contributed by atoms with van der Waals surface area (Å²) in [5.74, 6) is 0.0443. The summed E-state index contributed by atoms with van der Waals surface area (Å²) in [5.41, 5.74) is 6.81. The Morgan fingerprint density at radius 3 is 2.91 bits per heavy atom. The molecule has 0 saturated heterocycles. The molecule has 6 heteroatoms. The fourth-order valence-electron chi connectivity index (χ4n) is 2.09. The summed E-state index contributed by atoms with van der Waals surface area (Å²) in [6.07, 6.45) is 2.02. The summed E-state index contributed by atoms with van der Waals surface area (Å²) < 4.78 is 18.3. The normalized spacial score (nSPS) is 12.4. The summed E-state index contributed by atoms with van der Waals surface area (Å²) in [7, 11) is 0. The second-order valence-corrected chi connectivity index (χ2v) is 5.62. The minimum atomic E-state index is -0.379. The zero-order chi connectivity index (χ0) is 16.1. The van der Waals surface area contributed by atoms with Crippen molar-refractivity contribution in [3.63, 3.8) is 0 Å². The van der Waals surface area contributed by atoms with Crippen LogP contribution >= 0.6 is 0 Å². The van der Waals surface area contributed by atoms with Gasteiger partial charge >= 0.3 is 0 Å². The third-order valence-corrected chi connectivity index (χ3v) is 3.14. The van der Waals surface area contributed by atoms with Gasteiger partial charge in [-0.2, -0.15) is 0 Å². The monoisotopic (exact) mass is 305 g/mol. The van der Waals surface area contributed by atoms with Crippen LogP contribution in [0.3, 0.4) is 0 Å². The quantitative estimate of drug-likeness (QED) is 0.860. The minimum Gasteiger partial charge on any atom is -0.446 e. The molecular formula is C16H20FN3O2. The Morgan fingerprint density at radius 2 is 2.23 bits per heavy atom. The fourth-order valence-corrected chi connectivity index (χ4v) is 2.09. The number of hydrogen-bond acceptors (Lipinski definition) is 4. The molecule has 2 aromatic rings. The van der Waals surface area contributed by atoms with Crippen LogP contribution in [-0.2, 0) is 6.54 Å². The molecule has 0 radical (unpaired) electrons. The van der Waals surface area contributed by atoms with E-state index < -0.39 is 0 Å². The van der Waals surface area contributed by atoms with E-state index in [4.69, 9.17) is 10.2 Å². The highest BCUT2D eigenvalue weighted by atomic mass is 19.1. The molecule has 1 heterocycles. The number of rotatable bonds is 6. The van der Waals surface area contributed by atoms with Gasteiger partial charge in [-0.25, -0.2) is 9.37 Å². The standard InChI is InChI=1S/C16H20FN3O2/c1-10(2)6-13(18)16-20-14(9-22-16)15(21)19-8-11-4-3-5-12(17)7-11/h3-5,7,9-10,13H,6,8,18H2,1-2H3,(H,19,21). The first-order chi connectivity index (χ1) is 10.5. The van der Waals surface area contributed by atoms with E-state index in [0.29, 0.717) is 17.4 Å². The lowest BCUT2D eigenvalue weighted by molar-refractivity contribution is 0.0946. The number of nitrogens with one attached hydrogen (secondary N) is 1. The maximum atomic E-state index is 13.1. The van der Waals surface area contributed by atoms with Gasteiger partial charge in [0, 0.05) is 6.54 Å². The summed E-state index contributed by atoms with van der Waals surface area (Å²) in [6.45, 7) is 4.32. The molecule has 0 bridgehead atoms. The van der Waals surface area contributed by atoms with Crippen molar-refractivity contribution < 1.29 is 13.6 Å². The second kappa shape index (κ2) is 7.17. The number of carbonyl (C=O) groups is 1. The molecule has 2 rings (SSSR count). The van der Waals surface area contributed by atoms with Crippen LogP contribution < -0.4 is 11.1 Å². The number of nitrogens with zero attached hydrogens (tertiary/aromatic N) is 1. The van der Waals surface area contributed by atoms with Crippen LogP contribution in [0.25, 0.3) is 0 Å². The Kier molecular flexibility index (Phi) is 5.27. The number of halogens is 1. The van der Waals surface area contributed by atoms with Crippen LogP contribution in [0.4, 0.5) is 4.39 Å². The lowest BCUT2D eigenvalue weighted by Crippen LogP contribution is -2.23. The van der Waals surface area contributed by atoms with Crippen LogP contribution in [0.1, 0.15) is 48.3 Å². The maximum Gasteiger partial charge on any atom is 0.273 e. The molecule has 1 aromatic heterocycles. The summed E-state index contributed by atoms with van der Waals surface area (Å²) in [6, 6.07) is 5.72. The number of hydrogen-bond donors (Lipinski definition) is 2. The van der Waals surface area contributed by atoms with E-state index in [1.807, 2.05) is 0 Å². The smallest absolute Gasteiger partial charge is 0.273 e. The van der Waals surface area contributed by atoms with Gasteiger partial charge < -0.3 is 15.5 Å². The van der Waals surface area contributed by atoms with Crippen LogP contribution in [-0.4, -0.2) is 10.9 Å². The molecule has 0 aliphatic heterocycles. The SMILES string of the molecule is CC(C)CC(N)c1nc(C(=O)NCc2cccc(F)c2)co1. The largest absolute Gasteiger partial charge is 0.446 e. The first-order valence-electron chi connectivity index (χ1n) is 7.19. The van der Waals surface area contributed by atoms with E-state index in [2.05, 4.69) is 24.1 Å². The first kappa shape index (κ1) is 16.2. The van der Waals surface area contributed by atoms with E-state index >= 15 is 0 Å². The molecule has 5 nitrogen and oxygen atoms in total. The van der Waals surface area contributed by atoms with Crippen LogP contribution in [0.2, 0.25) is 0 Å². The molecular weight excluding hydrogens is 285 g/mol. The average Bonchev–Trinajstić information content (AvgIpc) is 2.94. The molecule has 0 aliphatic carbocycles. The molecule has 0 saturated carbocycles. The molecule has 0 aliphatic rings. The zero-order valence-electron chi connectivity index (χ0n) is 12.7. The average molecular weight is 305 g/mol. The Balaban J connectivity index is 1.94. The number of oxazole rings is 1. The van der Waals surface area contributed by atoms with Crippen molar-refractivity contribution >= 4 is 5.91 Å². The summed E-state index contributed by atoms with van der Waals surface area (Å²) in [5, 5.41) is 2.67. The number of benzene rings is 1. The van der Waals surface area contributed by atoms with E-state index in [-0.39, 0.29) is 30.0 Å². The third-order valence-electron chi connectivity index (χ3n) is 3.14. The van der Waals surface area contributed by atoms with Gasteiger partial charge in [0.2, 0.25) is 5.89 Å². The predicted molar refractivity (Wildman–Crippen MR) is 80.5 cm³/mol. The lowest BCUT2D eigenvalue weighted by Gasteiger charge is -2.09. The maximum absolute atomic E-state index is 13.1. The molecule has 3 N–H and O–H groups in total. The predicted octanol–water partition coefficient (Wildman–Crippen LogP) is 2.79. The van der Waals surface area contributed by atoms with Gasteiger partial charge in [-0.05, 0) is 30.0 Å². The Hall–Kier alpha value is -2.21. The van der Waals surface area contributed by atoms with Gasteiger partial charge in [-0.1, -0.05) is 26.0 Å². The van der Waals surface area contributed by atoms with E-state index in [1.54, 1.807) is 12.1 Å². The summed E-state index contributed by atoms with van der Waals surface area (Å²) in [4.78, 5) is 16.1. The third kappa shape index (κ3) is 4.39. The van der Waals surface area contributed by atoms with Gasteiger partial charge in [0.05, 0.1) is 6.04 Å². The Bertz CT molecular complexity index is 640. The highest BCUT2D eigenvalue weighted by Gasteiger charge is 2.17. The zero-order valence-corrected chi connectivity index (χ0v) is 12.7. The van der Waals surface area contributed by atoms with Crippen LogP contribution in [0.15, 0.2) is 34.9 Å². The fraction of sp³-hybridized carbons (Fsp3) is 0.375. The van der Waals surface area contributed by atoms with Crippen molar-refractivity contribution in [2.75, 3.05) is 0 Å². The van der Waals surface area contributed by atoms with Crippen LogP contribution in [0.5, 0.6) is 0 Å².